The number of hydrogen-bond donors (Lipinski definition) is 1. The van der Waals surface area contributed by atoms with Crippen LogP contribution in [0, 0.1) is 0 Å². The quantitative estimate of drug-likeness (QED) is 0.902. The Balaban J connectivity index is 3.17. The molecule has 0 aliphatic heterocycles. The molecule has 0 radical (unpaired) electrons. The zero-order valence-corrected chi connectivity index (χ0v) is 9.86. The van der Waals surface area contributed by atoms with Gasteiger partial charge in [-0.05, 0) is 15.9 Å². The maximum Gasteiger partial charge on any atom is 0.328 e. The number of nitrogens with one attached hydrogen (secondary N) is 1. The molecular weight excluding hydrogens is 295 g/mol. The van der Waals surface area contributed by atoms with Crippen LogP contribution in [0.5, 0.6) is 0 Å². The minimum Gasteiger partial charge on any atom is -0.294 e. The molecule has 0 amide bonds. The van der Waals surface area contributed by atoms with Crippen molar-refractivity contribution in [3.05, 3.63) is 42.1 Å². The Kier molecular flexibility index (Phi) is 3.97. The highest BCUT2D eigenvalue weighted by atomic mass is 79.9. The van der Waals surface area contributed by atoms with Crippen molar-refractivity contribution < 1.29 is 0 Å². The lowest BCUT2D eigenvalue weighted by molar-refractivity contribution is 0.724. The van der Waals surface area contributed by atoms with Crippen LogP contribution in [0.15, 0.2) is 30.8 Å². The van der Waals surface area contributed by atoms with Crippen molar-refractivity contribution in [2.75, 3.05) is 0 Å². The molecule has 0 aliphatic rings. The van der Waals surface area contributed by atoms with E-state index in [0.29, 0.717) is 5.03 Å². The van der Waals surface area contributed by atoms with Crippen molar-refractivity contribution in [3.8, 4) is 0 Å². The Morgan fingerprint density at radius 3 is 2.86 bits per heavy atom. The fourth-order valence-corrected chi connectivity index (χ4v) is 1.34. The normalized spacial score (nSPS) is 11.8. The molecular formula is C7H5BrCl2N2O2. The fourth-order valence-electron chi connectivity index (χ4n) is 0.797. The molecule has 0 atom stereocenters. The summed E-state index contributed by atoms with van der Waals surface area (Å²) in [5.74, 6) is 0. The third-order valence-corrected chi connectivity index (χ3v) is 2.58. The van der Waals surface area contributed by atoms with E-state index in [1.54, 1.807) is 0 Å². The van der Waals surface area contributed by atoms with E-state index in [9.17, 15) is 9.59 Å². The van der Waals surface area contributed by atoms with Crippen LogP contribution in [0.3, 0.4) is 0 Å². The number of H-pyrrole nitrogens is 1. The van der Waals surface area contributed by atoms with Gasteiger partial charge in [0.25, 0.3) is 5.56 Å². The first-order valence-electron chi connectivity index (χ1n) is 3.48. The van der Waals surface area contributed by atoms with Gasteiger partial charge < -0.3 is 0 Å². The predicted octanol–water partition coefficient (Wildman–Crippen LogP) is 1.62. The lowest BCUT2D eigenvalue weighted by Gasteiger charge is -2.02. The number of rotatable bonds is 2. The summed E-state index contributed by atoms with van der Waals surface area (Å²) in [4.78, 5) is 24.3. The van der Waals surface area contributed by atoms with Crippen LogP contribution in [0.2, 0.25) is 0 Å². The van der Waals surface area contributed by atoms with Crippen LogP contribution in [-0.2, 0) is 6.54 Å². The molecule has 1 aromatic heterocycles. The van der Waals surface area contributed by atoms with Gasteiger partial charge in [-0.2, -0.15) is 0 Å². The average Bonchev–Trinajstić information content (AvgIpc) is 2.14. The highest BCUT2D eigenvalue weighted by Gasteiger charge is 2.02. The second-order valence-electron chi connectivity index (χ2n) is 2.42. The molecule has 1 rings (SSSR count). The average molecular weight is 300 g/mol. The first-order valence-corrected chi connectivity index (χ1v) is 5.09. The van der Waals surface area contributed by atoms with Crippen molar-refractivity contribution in [2.45, 2.75) is 6.54 Å². The summed E-state index contributed by atoms with van der Waals surface area (Å²) in [5.41, 5.74) is 0.152. The lowest BCUT2D eigenvalue weighted by atomic mass is 10.5. The van der Waals surface area contributed by atoms with Gasteiger partial charge in [0, 0.05) is 16.8 Å². The van der Waals surface area contributed by atoms with Crippen LogP contribution in [-0.4, -0.2) is 9.55 Å². The summed E-state index contributed by atoms with van der Waals surface area (Å²) >= 11 is 14.0. The van der Waals surface area contributed by atoms with Gasteiger partial charge in [0.05, 0.1) is 11.0 Å². The smallest absolute Gasteiger partial charge is 0.294 e. The predicted molar refractivity (Wildman–Crippen MR) is 58.8 cm³/mol. The topological polar surface area (TPSA) is 54.9 Å². The molecule has 0 fully saturated rings. The molecule has 0 aliphatic carbocycles. The molecule has 1 N–H and O–H groups in total. The van der Waals surface area contributed by atoms with Crippen molar-refractivity contribution in [2.24, 2.45) is 0 Å². The SMILES string of the molecule is O=c1[nH]c(=O)n(C/C(Cl)=C\Cl)cc1Br. The summed E-state index contributed by atoms with van der Waals surface area (Å²) < 4.78 is 1.49. The van der Waals surface area contributed by atoms with E-state index in [2.05, 4.69) is 20.9 Å². The largest absolute Gasteiger partial charge is 0.328 e. The van der Waals surface area contributed by atoms with Crippen molar-refractivity contribution in [3.63, 3.8) is 0 Å². The molecule has 0 unspecified atom stereocenters. The molecule has 0 saturated heterocycles. The van der Waals surface area contributed by atoms with Gasteiger partial charge in [0.1, 0.15) is 0 Å². The van der Waals surface area contributed by atoms with Crippen LogP contribution in [0.4, 0.5) is 0 Å². The van der Waals surface area contributed by atoms with Gasteiger partial charge in [-0.15, -0.1) is 0 Å². The first-order chi connectivity index (χ1) is 6.54. The maximum absolute atomic E-state index is 11.2. The Labute approximate surface area is 97.3 Å². The minimum atomic E-state index is -0.533. The highest BCUT2D eigenvalue weighted by Crippen LogP contribution is 2.06. The van der Waals surface area contributed by atoms with Gasteiger partial charge in [-0.1, -0.05) is 23.2 Å². The lowest BCUT2D eigenvalue weighted by Crippen LogP contribution is -2.29. The number of aromatic nitrogens is 2. The zero-order chi connectivity index (χ0) is 10.7. The maximum atomic E-state index is 11.2. The molecule has 0 saturated carbocycles. The minimum absolute atomic E-state index is 0.124. The van der Waals surface area contributed by atoms with E-state index in [-0.39, 0.29) is 11.0 Å². The number of hydrogen-bond acceptors (Lipinski definition) is 2. The van der Waals surface area contributed by atoms with E-state index in [4.69, 9.17) is 23.2 Å². The van der Waals surface area contributed by atoms with E-state index in [1.165, 1.54) is 10.8 Å². The van der Waals surface area contributed by atoms with Gasteiger partial charge in [0.2, 0.25) is 0 Å². The van der Waals surface area contributed by atoms with E-state index < -0.39 is 11.2 Å². The van der Waals surface area contributed by atoms with Crippen LogP contribution in [0.1, 0.15) is 0 Å². The second kappa shape index (κ2) is 4.82. The van der Waals surface area contributed by atoms with Crippen molar-refractivity contribution in [1.82, 2.24) is 9.55 Å². The molecule has 14 heavy (non-hydrogen) atoms. The summed E-state index contributed by atoms with van der Waals surface area (Å²) in [6, 6.07) is 0. The monoisotopic (exact) mass is 298 g/mol. The number of allylic oxidation sites excluding steroid dienone is 1. The third-order valence-electron chi connectivity index (χ3n) is 1.41. The summed E-state index contributed by atoms with van der Waals surface area (Å²) in [6.07, 6.45) is 1.35. The summed E-state index contributed by atoms with van der Waals surface area (Å²) in [6.45, 7) is 0.124. The Morgan fingerprint density at radius 2 is 2.29 bits per heavy atom. The second-order valence-corrected chi connectivity index (χ2v) is 3.98. The number of halogens is 3. The van der Waals surface area contributed by atoms with Crippen molar-refractivity contribution >= 4 is 39.1 Å². The molecule has 0 spiro atoms. The van der Waals surface area contributed by atoms with Gasteiger partial charge >= 0.3 is 5.69 Å². The van der Waals surface area contributed by atoms with Crippen LogP contribution >= 0.6 is 39.1 Å². The van der Waals surface area contributed by atoms with Gasteiger partial charge in [-0.25, -0.2) is 4.79 Å². The third kappa shape index (κ3) is 2.73. The Bertz CT molecular complexity index is 477. The Morgan fingerprint density at radius 1 is 1.64 bits per heavy atom. The van der Waals surface area contributed by atoms with Crippen LogP contribution in [0.25, 0.3) is 0 Å². The highest BCUT2D eigenvalue weighted by molar-refractivity contribution is 9.10. The molecule has 0 bridgehead atoms. The Hall–Kier alpha value is -0.520. The molecule has 0 aromatic carbocycles. The first kappa shape index (κ1) is 11.6. The number of nitrogens with zero attached hydrogens (tertiary/aromatic N) is 1. The molecule has 7 heteroatoms. The summed E-state index contributed by atoms with van der Waals surface area (Å²) in [7, 11) is 0. The molecule has 1 heterocycles. The molecule has 4 nitrogen and oxygen atoms in total. The van der Waals surface area contributed by atoms with E-state index >= 15 is 0 Å². The van der Waals surface area contributed by atoms with Crippen molar-refractivity contribution in [1.29, 1.82) is 0 Å². The van der Waals surface area contributed by atoms with E-state index in [0.717, 1.165) is 5.54 Å². The standard InChI is InChI=1S/C7H5BrCl2N2O2/c8-5-3-12(2-4(10)1-9)7(14)11-6(5)13/h1,3H,2H2,(H,11,13,14)/b4-1+. The van der Waals surface area contributed by atoms with Gasteiger partial charge in [-0.3, -0.25) is 14.3 Å². The van der Waals surface area contributed by atoms with E-state index in [1.807, 2.05) is 0 Å². The fraction of sp³-hybridized carbons (Fsp3) is 0.143. The zero-order valence-electron chi connectivity index (χ0n) is 6.76. The van der Waals surface area contributed by atoms with Crippen LogP contribution < -0.4 is 11.2 Å². The molecule has 1 aromatic rings. The summed E-state index contributed by atoms with van der Waals surface area (Å²) in [5, 5.41) is 0.299. The molecule has 76 valence electrons. The van der Waals surface area contributed by atoms with Gasteiger partial charge in [0.15, 0.2) is 0 Å². The number of aromatic amines is 1.